The largest absolute Gasteiger partial charge is 0.458 e. The first-order valence-corrected chi connectivity index (χ1v) is 8.95. The summed E-state index contributed by atoms with van der Waals surface area (Å²) in [5.41, 5.74) is 12.3. The predicted molar refractivity (Wildman–Crippen MR) is 108 cm³/mol. The molecule has 1 saturated carbocycles. The fourth-order valence-corrected chi connectivity index (χ4v) is 3.52. The first-order valence-electron chi connectivity index (χ1n) is 8.07. The topological polar surface area (TPSA) is 102 Å². The Morgan fingerprint density at radius 1 is 1.28 bits per heavy atom. The van der Waals surface area contributed by atoms with Crippen molar-refractivity contribution >= 4 is 47.2 Å². The van der Waals surface area contributed by atoms with E-state index in [4.69, 9.17) is 15.9 Å². The Kier molecular flexibility index (Phi) is 9.27. The van der Waals surface area contributed by atoms with Crippen molar-refractivity contribution in [2.45, 2.75) is 38.6 Å². The molecule has 1 aliphatic rings. The Hall–Kier alpha value is -1.28. The van der Waals surface area contributed by atoms with Gasteiger partial charge in [-0.25, -0.2) is 4.98 Å². The van der Waals surface area contributed by atoms with Gasteiger partial charge in [0.1, 0.15) is 11.5 Å². The highest BCUT2D eigenvalue weighted by Gasteiger charge is 2.13. The molecule has 9 heteroatoms. The summed E-state index contributed by atoms with van der Waals surface area (Å²) in [6, 6.07) is 3.73. The number of thiazole rings is 1. The van der Waals surface area contributed by atoms with Crippen molar-refractivity contribution in [3.63, 3.8) is 0 Å². The van der Waals surface area contributed by atoms with Crippen molar-refractivity contribution in [3.8, 4) is 11.5 Å². The van der Waals surface area contributed by atoms with Gasteiger partial charge in [-0.15, -0.1) is 36.2 Å². The highest BCUT2D eigenvalue weighted by atomic mass is 35.5. The molecule has 0 unspecified atom stereocenters. The third-order valence-electron chi connectivity index (χ3n) is 4.12. The molecule has 0 atom stereocenters. The zero-order chi connectivity index (χ0) is 16.1. The third-order valence-corrected chi connectivity index (χ3v) is 4.85. The Labute approximate surface area is 164 Å². The van der Waals surface area contributed by atoms with Crippen molar-refractivity contribution in [2.24, 2.45) is 22.4 Å². The van der Waals surface area contributed by atoms with Crippen LogP contribution in [0.4, 0.5) is 5.13 Å². The van der Waals surface area contributed by atoms with Crippen LogP contribution in [0.5, 0.6) is 0 Å². The highest BCUT2D eigenvalue weighted by molar-refractivity contribution is 7.13. The van der Waals surface area contributed by atoms with Crippen LogP contribution in [0.15, 0.2) is 26.9 Å². The minimum atomic E-state index is 0. The van der Waals surface area contributed by atoms with E-state index in [9.17, 15) is 0 Å². The van der Waals surface area contributed by atoms with Crippen LogP contribution in [0.3, 0.4) is 0 Å². The molecule has 25 heavy (non-hydrogen) atoms. The number of nitrogens with zero attached hydrogens (tertiary/aromatic N) is 2. The molecule has 0 spiro atoms. The van der Waals surface area contributed by atoms with Crippen LogP contribution in [-0.4, -0.2) is 17.5 Å². The molecule has 0 saturated heterocycles. The number of nitrogens with one attached hydrogen (secondary N) is 1. The first kappa shape index (κ1) is 21.8. The number of hydrogen-bond acceptors (Lipinski definition) is 5. The average molecular weight is 406 g/mol. The number of halogens is 2. The molecule has 2 heterocycles. The molecule has 6 nitrogen and oxygen atoms in total. The molecule has 0 bridgehead atoms. The van der Waals surface area contributed by atoms with Gasteiger partial charge in [-0.3, -0.25) is 0 Å². The highest BCUT2D eigenvalue weighted by Crippen LogP contribution is 2.28. The van der Waals surface area contributed by atoms with Gasteiger partial charge in [0.2, 0.25) is 5.13 Å². The smallest absolute Gasteiger partial charge is 0.212 e. The lowest BCUT2D eigenvalue weighted by Crippen LogP contribution is -2.35. The summed E-state index contributed by atoms with van der Waals surface area (Å²) in [6.45, 7) is 1.28. The quantitative estimate of drug-likeness (QED) is 0.518. The van der Waals surface area contributed by atoms with Crippen LogP contribution >= 0.6 is 36.2 Å². The molecule has 3 rings (SSSR count). The predicted octanol–water partition coefficient (Wildman–Crippen LogP) is 3.82. The number of guanidine groups is 1. The zero-order valence-corrected chi connectivity index (χ0v) is 16.4. The summed E-state index contributed by atoms with van der Waals surface area (Å²) in [5.74, 6) is 2.59. The van der Waals surface area contributed by atoms with Gasteiger partial charge in [0, 0.05) is 11.9 Å². The molecule has 0 aliphatic heterocycles. The lowest BCUT2D eigenvalue weighted by Gasteiger charge is -2.21. The molecule has 1 fully saturated rings. The molecule has 2 aromatic rings. The van der Waals surface area contributed by atoms with E-state index in [0.29, 0.717) is 29.3 Å². The van der Waals surface area contributed by atoms with Crippen LogP contribution in [0.25, 0.3) is 11.5 Å². The molecule has 0 aromatic carbocycles. The monoisotopic (exact) mass is 405 g/mol. The van der Waals surface area contributed by atoms with Crippen LogP contribution < -0.4 is 16.8 Å². The van der Waals surface area contributed by atoms with Crippen molar-refractivity contribution in [2.75, 3.05) is 6.54 Å². The van der Waals surface area contributed by atoms with E-state index >= 15 is 0 Å². The Bertz CT molecular complexity index is 667. The summed E-state index contributed by atoms with van der Waals surface area (Å²) < 4.78 is 5.59. The van der Waals surface area contributed by atoms with Gasteiger partial charge in [0.15, 0.2) is 11.7 Å². The Morgan fingerprint density at radius 2 is 2.04 bits per heavy atom. The van der Waals surface area contributed by atoms with Gasteiger partial charge in [-0.05, 0) is 30.9 Å². The van der Waals surface area contributed by atoms with Crippen LogP contribution in [0.1, 0.15) is 37.9 Å². The van der Waals surface area contributed by atoms with Crippen molar-refractivity contribution in [1.29, 1.82) is 0 Å². The van der Waals surface area contributed by atoms with Gasteiger partial charge >= 0.3 is 0 Å². The number of hydrogen-bond donors (Lipinski definition) is 3. The maximum Gasteiger partial charge on any atom is 0.212 e. The Morgan fingerprint density at radius 3 is 2.72 bits per heavy atom. The molecule has 5 N–H and O–H groups in total. The Balaban J connectivity index is 0.00000156. The van der Waals surface area contributed by atoms with Crippen LogP contribution in [-0.2, 0) is 6.54 Å². The van der Waals surface area contributed by atoms with Gasteiger partial charge in [-0.1, -0.05) is 19.3 Å². The number of rotatable bonds is 5. The fraction of sp³-hybridized carbons (Fsp3) is 0.500. The van der Waals surface area contributed by atoms with Crippen molar-refractivity contribution in [3.05, 3.63) is 23.3 Å². The van der Waals surface area contributed by atoms with E-state index < -0.39 is 0 Å². The lowest BCUT2D eigenvalue weighted by atomic mass is 9.89. The number of furan rings is 1. The van der Waals surface area contributed by atoms with E-state index in [0.717, 1.165) is 18.0 Å². The number of aliphatic imine (C=N–C) groups is 1. The summed E-state index contributed by atoms with van der Waals surface area (Å²) in [4.78, 5) is 8.78. The van der Waals surface area contributed by atoms with Gasteiger partial charge in [-0.2, -0.15) is 4.99 Å². The standard InChI is InChI=1S/C16H23N5OS.2ClH/c17-8-12-6-7-14(22-12)13-10-23-16(20-13)21-15(18)19-9-11-4-2-1-3-5-11;;/h6-7,10-11H,1-5,8-9,17H2,(H3,18,19,20,21);2*1H. The zero-order valence-electron chi connectivity index (χ0n) is 13.9. The molecule has 0 radical (unpaired) electrons. The molecule has 0 amide bonds. The summed E-state index contributed by atoms with van der Waals surface area (Å²) in [7, 11) is 0. The minimum Gasteiger partial charge on any atom is -0.458 e. The molecule has 1 aliphatic carbocycles. The maximum absolute atomic E-state index is 5.96. The second-order valence-corrected chi connectivity index (χ2v) is 6.70. The molecule has 140 valence electrons. The van der Waals surface area contributed by atoms with Crippen molar-refractivity contribution < 1.29 is 4.42 Å². The van der Waals surface area contributed by atoms with E-state index in [1.807, 2.05) is 17.5 Å². The van der Waals surface area contributed by atoms with Gasteiger partial charge < -0.3 is 21.2 Å². The minimum absolute atomic E-state index is 0. The molecule has 2 aromatic heterocycles. The van der Waals surface area contributed by atoms with Crippen LogP contribution in [0.2, 0.25) is 0 Å². The SMILES string of the molecule is Cl.Cl.NCc1ccc(-c2csc(/N=C(\N)NCC3CCCCC3)n2)o1. The maximum atomic E-state index is 5.96. The van der Waals surface area contributed by atoms with Crippen LogP contribution in [0, 0.1) is 5.92 Å². The summed E-state index contributed by atoms with van der Waals surface area (Å²) >= 11 is 1.44. The van der Waals surface area contributed by atoms with Crippen molar-refractivity contribution in [1.82, 2.24) is 10.3 Å². The summed E-state index contributed by atoms with van der Waals surface area (Å²) in [5, 5.41) is 5.75. The molecular weight excluding hydrogens is 381 g/mol. The number of nitrogens with two attached hydrogens (primary N) is 2. The van der Waals surface area contributed by atoms with E-state index in [1.165, 1.54) is 43.4 Å². The van der Waals surface area contributed by atoms with E-state index in [2.05, 4.69) is 15.3 Å². The third kappa shape index (κ3) is 6.18. The summed E-state index contributed by atoms with van der Waals surface area (Å²) in [6.07, 6.45) is 6.58. The molecular formula is C16H25Cl2N5OS. The van der Waals surface area contributed by atoms with E-state index in [-0.39, 0.29) is 24.8 Å². The lowest BCUT2D eigenvalue weighted by molar-refractivity contribution is 0.356. The van der Waals surface area contributed by atoms with Gasteiger partial charge in [0.05, 0.1) is 6.54 Å². The first-order chi connectivity index (χ1) is 11.2. The van der Waals surface area contributed by atoms with E-state index in [1.54, 1.807) is 0 Å². The van der Waals surface area contributed by atoms with Gasteiger partial charge in [0.25, 0.3) is 0 Å². The normalized spacial score (nSPS) is 15.3. The number of aromatic nitrogens is 1. The second-order valence-electron chi connectivity index (χ2n) is 5.87. The average Bonchev–Trinajstić information content (AvgIpc) is 3.22. The fourth-order valence-electron chi connectivity index (χ4n) is 2.84. The second kappa shape index (κ2) is 10.7.